The summed E-state index contributed by atoms with van der Waals surface area (Å²) in [7, 11) is 3.84. The van der Waals surface area contributed by atoms with Crippen LogP contribution in [0.15, 0.2) is 0 Å². The molecule has 0 aromatic rings. The van der Waals surface area contributed by atoms with Crippen LogP contribution in [-0.2, 0) is 4.74 Å². The van der Waals surface area contributed by atoms with Crippen LogP contribution in [-0.4, -0.2) is 49.5 Å². The zero-order valence-corrected chi connectivity index (χ0v) is 10.2. The van der Waals surface area contributed by atoms with Gasteiger partial charge in [-0.15, -0.1) is 0 Å². The molecule has 1 aliphatic rings. The van der Waals surface area contributed by atoms with Crippen molar-refractivity contribution in [1.82, 2.24) is 4.90 Å². The number of ether oxygens (including phenoxy) is 1. The van der Waals surface area contributed by atoms with Crippen molar-refractivity contribution in [1.29, 1.82) is 0 Å². The van der Waals surface area contributed by atoms with E-state index in [-0.39, 0.29) is 0 Å². The fraction of sp³-hybridized carbons (Fsp3) is 1.00. The van der Waals surface area contributed by atoms with Crippen LogP contribution in [0.2, 0.25) is 0 Å². The lowest BCUT2D eigenvalue weighted by Crippen LogP contribution is -2.39. The molecule has 90 valence electrons. The number of aliphatic hydroxyl groups is 1. The zero-order valence-electron chi connectivity index (χ0n) is 10.2. The molecule has 0 heterocycles. The molecule has 1 saturated carbocycles. The van der Waals surface area contributed by atoms with Gasteiger partial charge in [0, 0.05) is 20.3 Å². The average molecular weight is 215 g/mol. The van der Waals surface area contributed by atoms with Crippen molar-refractivity contribution in [2.45, 2.75) is 44.1 Å². The molecule has 0 spiro atoms. The summed E-state index contributed by atoms with van der Waals surface area (Å²) in [5.74, 6) is 0. The Labute approximate surface area is 93.4 Å². The molecule has 0 amide bonds. The maximum absolute atomic E-state index is 10.2. The van der Waals surface area contributed by atoms with E-state index in [0.717, 1.165) is 45.4 Å². The maximum Gasteiger partial charge on any atom is 0.0774 e. The molecule has 0 aromatic heterocycles. The number of methoxy groups -OCH3 is 1. The second-order valence-electron chi connectivity index (χ2n) is 4.87. The molecule has 0 aromatic carbocycles. The summed E-state index contributed by atoms with van der Waals surface area (Å²) in [4.78, 5) is 2.25. The molecular formula is C12H25NO2. The number of nitrogens with zero attached hydrogens (tertiary/aromatic N) is 1. The van der Waals surface area contributed by atoms with Gasteiger partial charge in [0.15, 0.2) is 0 Å². The minimum absolute atomic E-state index is 0.393. The molecule has 3 nitrogen and oxygen atoms in total. The third-order valence-electron chi connectivity index (χ3n) is 3.24. The highest BCUT2D eigenvalue weighted by molar-refractivity contribution is 4.86. The number of likely N-dealkylation sites (N-methyl/N-ethyl adjacent to an activating group) is 1. The predicted molar refractivity (Wildman–Crippen MR) is 62.0 cm³/mol. The van der Waals surface area contributed by atoms with Crippen LogP contribution >= 0.6 is 0 Å². The highest BCUT2D eigenvalue weighted by Gasteiger charge is 2.31. The molecule has 0 atom stereocenters. The Morgan fingerprint density at radius 3 is 2.53 bits per heavy atom. The predicted octanol–water partition coefficient (Wildman–Crippen LogP) is 1.65. The van der Waals surface area contributed by atoms with Gasteiger partial charge in [-0.3, -0.25) is 0 Å². The third kappa shape index (κ3) is 4.96. The highest BCUT2D eigenvalue weighted by atomic mass is 16.5. The van der Waals surface area contributed by atoms with Gasteiger partial charge in [-0.2, -0.15) is 0 Å². The van der Waals surface area contributed by atoms with Gasteiger partial charge in [0.1, 0.15) is 0 Å². The van der Waals surface area contributed by atoms with Gasteiger partial charge in [0.2, 0.25) is 0 Å². The Balaban J connectivity index is 2.09. The Morgan fingerprint density at radius 2 is 1.93 bits per heavy atom. The second-order valence-corrected chi connectivity index (χ2v) is 4.87. The summed E-state index contributed by atoms with van der Waals surface area (Å²) in [6.45, 7) is 2.74. The molecular weight excluding hydrogens is 190 g/mol. The first kappa shape index (κ1) is 12.9. The quantitative estimate of drug-likeness (QED) is 0.655. The van der Waals surface area contributed by atoms with Crippen LogP contribution in [0.3, 0.4) is 0 Å². The number of rotatable bonds is 7. The van der Waals surface area contributed by atoms with Gasteiger partial charge in [-0.1, -0.05) is 12.8 Å². The van der Waals surface area contributed by atoms with Crippen molar-refractivity contribution >= 4 is 0 Å². The third-order valence-corrected chi connectivity index (χ3v) is 3.24. The molecule has 0 unspecified atom stereocenters. The minimum Gasteiger partial charge on any atom is -0.389 e. The lowest BCUT2D eigenvalue weighted by atomic mass is 10.0. The highest BCUT2D eigenvalue weighted by Crippen LogP contribution is 2.29. The van der Waals surface area contributed by atoms with Gasteiger partial charge in [0.25, 0.3) is 0 Å². The molecule has 3 heteroatoms. The normalized spacial score (nSPS) is 20.0. The summed E-state index contributed by atoms with van der Waals surface area (Å²) >= 11 is 0. The topological polar surface area (TPSA) is 32.7 Å². The summed E-state index contributed by atoms with van der Waals surface area (Å²) < 4.78 is 5.01. The first-order chi connectivity index (χ1) is 7.16. The number of hydrogen-bond donors (Lipinski definition) is 1. The van der Waals surface area contributed by atoms with Crippen molar-refractivity contribution in [2.75, 3.05) is 33.9 Å². The first-order valence-electron chi connectivity index (χ1n) is 6.06. The molecule has 0 saturated heterocycles. The van der Waals surface area contributed by atoms with Crippen molar-refractivity contribution in [3.63, 3.8) is 0 Å². The molecule has 1 rings (SSSR count). The Kier molecular flexibility index (Phi) is 5.58. The molecule has 15 heavy (non-hydrogen) atoms. The van der Waals surface area contributed by atoms with E-state index in [2.05, 4.69) is 11.9 Å². The van der Waals surface area contributed by atoms with Gasteiger partial charge in [0.05, 0.1) is 5.60 Å². The standard InChI is InChI=1S/C12H25NO2/c1-13(9-5-6-10-15-2)11-12(14)7-3-4-8-12/h14H,3-11H2,1-2H3. The van der Waals surface area contributed by atoms with E-state index in [9.17, 15) is 5.11 Å². The SMILES string of the molecule is COCCCCN(C)CC1(O)CCCC1. The fourth-order valence-electron chi connectivity index (χ4n) is 2.40. The van der Waals surface area contributed by atoms with E-state index in [0.29, 0.717) is 0 Å². The molecule has 1 aliphatic carbocycles. The summed E-state index contributed by atoms with van der Waals surface area (Å²) in [6.07, 6.45) is 6.60. The maximum atomic E-state index is 10.2. The fourth-order valence-corrected chi connectivity index (χ4v) is 2.40. The molecule has 0 radical (unpaired) electrons. The lowest BCUT2D eigenvalue weighted by Gasteiger charge is -2.28. The van der Waals surface area contributed by atoms with Gasteiger partial charge >= 0.3 is 0 Å². The van der Waals surface area contributed by atoms with Gasteiger partial charge in [-0.25, -0.2) is 0 Å². The first-order valence-corrected chi connectivity index (χ1v) is 6.06. The molecule has 0 aliphatic heterocycles. The van der Waals surface area contributed by atoms with Crippen LogP contribution in [0.5, 0.6) is 0 Å². The van der Waals surface area contributed by atoms with E-state index in [1.54, 1.807) is 7.11 Å². The number of hydrogen-bond acceptors (Lipinski definition) is 3. The zero-order chi connectivity index (χ0) is 11.1. The van der Waals surface area contributed by atoms with E-state index in [1.165, 1.54) is 12.8 Å². The van der Waals surface area contributed by atoms with Gasteiger partial charge in [-0.05, 0) is 39.3 Å². The largest absolute Gasteiger partial charge is 0.389 e. The minimum atomic E-state index is -0.393. The Morgan fingerprint density at radius 1 is 1.27 bits per heavy atom. The van der Waals surface area contributed by atoms with Crippen molar-refractivity contribution in [2.24, 2.45) is 0 Å². The van der Waals surface area contributed by atoms with Crippen LogP contribution in [0.25, 0.3) is 0 Å². The van der Waals surface area contributed by atoms with E-state index in [1.807, 2.05) is 0 Å². The van der Waals surface area contributed by atoms with E-state index < -0.39 is 5.60 Å². The summed E-state index contributed by atoms with van der Waals surface area (Å²) in [5, 5.41) is 10.2. The van der Waals surface area contributed by atoms with Crippen molar-refractivity contribution in [3.8, 4) is 0 Å². The number of unbranched alkanes of at least 4 members (excludes halogenated alkanes) is 1. The molecule has 0 bridgehead atoms. The van der Waals surface area contributed by atoms with Crippen molar-refractivity contribution in [3.05, 3.63) is 0 Å². The smallest absolute Gasteiger partial charge is 0.0774 e. The van der Waals surface area contributed by atoms with Crippen LogP contribution in [0, 0.1) is 0 Å². The van der Waals surface area contributed by atoms with Gasteiger partial charge < -0.3 is 14.7 Å². The Bertz CT molecular complexity index is 167. The summed E-state index contributed by atoms with van der Waals surface area (Å²) in [6, 6.07) is 0. The molecule has 1 N–H and O–H groups in total. The molecule has 1 fully saturated rings. The second kappa shape index (κ2) is 6.46. The van der Waals surface area contributed by atoms with Crippen LogP contribution in [0.1, 0.15) is 38.5 Å². The average Bonchev–Trinajstić information content (AvgIpc) is 2.59. The van der Waals surface area contributed by atoms with Crippen molar-refractivity contribution < 1.29 is 9.84 Å². The summed E-state index contributed by atoms with van der Waals surface area (Å²) in [5.41, 5.74) is -0.393. The van der Waals surface area contributed by atoms with Crippen LogP contribution < -0.4 is 0 Å². The lowest BCUT2D eigenvalue weighted by molar-refractivity contribution is 0.0158. The van der Waals surface area contributed by atoms with Crippen LogP contribution in [0.4, 0.5) is 0 Å². The van der Waals surface area contributed by atoms with E-state index in [4.69, 9.17) is 4.74 Å². The van der Waals surface area contributed by atoms with E-state index >= 15 is 0 Å². The Hall–Kier alpha value is -0.120. The monoisotopic (exact) mass is 215 g/mol.